The minimum absolute atomic E-state index is 0.0438. The molecule has 0 aliphatic heterocycles. The summed E-state index contributed by atoms with van der Waals surface area (Å²) in [5.74, 6) is 0.342. The lowest BCUT2D eigenvalue weighted by Crippen LogP contribution is -2.13. The number of sulfonamides is 1. The molecule has 0 aromatic carbocycles. The van der Waals surface area contributed by atoms with E-state index in [0.29, 0.717) is 5.95 Å². The van der Waals surface area contributed by atoms with Gasteiger partial charge in [0.1, 0.15) is 16.8 Å². The molecule has 0 unspecified atom stereocenters. The van der Waals surface area contributed by atoms with Crippen molar-refractivity contribution in [2.45, 2.75) is 4.90 Å². The van der Waals surface area contributed by atoms with Gasteiger partial charge in [0, 0.05) is 7.05 Å². The van der Waals surface area contributed by atoms with Crippen LogP contribution in [0.3, 0.4) is 0 Å². The number of nitrogens with zero attached hydrogens (tertiary/aromatic N) is 3. The summed E-state index contributed by atoms with van der Waals surface area (Å²) in [5.41, 5.74) is 0.239. The third-order valence-corrected chi connectivity index (χ3v) is 3.18. The van der Waals surface area contributed by atoms with Crippen LogP contribution in [0.5, 0.6) is 0 Å². The van der Waals surface area contributed by atoms with Crippen LogP contribution in [0, 0.1) is 0 Å². The second-order valence-electron chi connectivity index (χ2n) is 3.01. The van der Waals surface area contributed by atoms with Gasteiger partial charge >= 0.3 is 0 Å². The van der Waals surface area contributed by atoms with E-state index in [1.165, 1.54) is 24.9 Å². The van der Waals surface area contributed by atoms with Crippen LogP contribution in [0.15, 0.2) is 34.3 Å². The van der Waals surface area contributed by atoms with E-state index in [2.05, 4.69) is 29.7 Å². The summed E-state index contributed by atoms with van der Waals surface area (Å²) in [6.07, 6.45) is 4.84. The number of rotatable bonds is 4. The van der Waals surface area contributed by atoms with Crippen molar-refractivity contribution in [2.75, 3.05) is 17.1 Å². The predicted molar refractivity (Wildman–Crippen MR) is 58.9 cm³/mol. The fourth-order valence-corrected chi connectivity index (χ4v) is 1.97. The topological polar surface area (TPSA) is 110 Å². The molecule has 2 rings (SSSR count). The fraction of sp³-hybridized carbons (Fsp3) is 0.125. The molecule has 0 saturated carbocycles. The monoisotopic (exact) mass is 255 g/mol. The van der Waals surface area contributed by atoms with E-state index in [4.69, 9.17) is 0 Å². The van der Waals surface area contributed by atoms with Gasteiger partial charge in [0.05, 0.1) is 18.6 Å². The maximum absolute atomic E-state index is 11.8. The molecule has 2 aromatic rings. The number of anilines is 2. The standard InChI is InChI=1S/C8H9N5O3S/c1-9-8-10-3-7(4-11-8)17(14,15)13-6-2-12-16-5-6/h2-5,13H,1H3,(H,9,10,11). The Bertz CT molecular complexity index is 578. The quantitative estimate of drug-likeness (QED) is 0.808. The Morgan fingerprint density at radius 1 is 1.24 bits per heavy atom. The molecule has 8 nitrogen and oxygen atoms in total. The molecule has 0 atom stereocenters. The van der Waals surface area contributed by atoms with Crippen LogP contribution in [-0.2, 0) is 10.0 Å². The van der Waals surface area contributed by atoms with Gasteiger partial charge in [-0.2, -0.15) is 0 Å². The van der Waals surface area contributed by atoms with Gasteiger partial charge in [-0.05, 0) is 0 Å². The number of hydrogen-bond acceptors (Lipinski definition) is 7. The summed E-state index contributed by atoms with van der Waals surface area (Å²) in [5, 5.41) is 6.07. The van der Waals surface area contributed by atoms with Crippen molar-refractivity contribution in [3.63, 3.8) is 0 Å². The normalized spacial score (nSPS) is 11.1. The molecule has 0 spiro atoms. The maximum Gasteiger partial charge on any atom is 0.265 e. The van der Waals surface area contributed by atoms with Crippen molar-refractivity contribution in [3.05, 3.63) is 24.9 Å². The summed E-state index contributed by atoms with van der Waals surface area (Å²) in [6.45, 7) is 0. The first kappa shape index (κ1) is 11.3. The molecule has 0 saturated heterocycles. The Labute approximate surface area is 97.1 Å². The summed E-state index contributed by atoms with van der Waals surface area (Å²) >= 11 is 0. The van der Waals surface area contributed by atoms with Gasteiger partial charge in [0.25, 0.3) is 10.0 Å². The molecule has 90 valence electrons. The van der Waals surface area contributed by atoms with Gasteiger partial charge < -0.3 is 9.84 Å². The number of hydrogen-bond donors (Lipinski definition) is 2. The first-order chi connectivity index (χ1) is 8.12. The van der Waals surface area contributed by atoms with Crippen molar-refractivity contribution < 1.29 is 12.9 Å². The minimum Gasteiger partial charge on any atom is -0.362 e. The molecule has 2 heterocycles. The largest absolute Gasteiger partial charge is 0.362 e. The van der Waals surface area contributed by atoms with Crippen molar-refractivity contribution in [2.24, 2.45) is 0 Å². The van der Waals surface area contributed by atoms with Gasteiger partial charge in [0.2, 0.25) is 5.95 Å². The predicted octanol–water partition coefficient (Wildman–Crippen LogP) is 0.307. The smallest absolute Gasteiger partial charge is 0.265 e. The second-order valence-corrected chi connectivity index (χ2v) is 4.69. The van der Waals surface area contributed by atoms with Crippen molar-refractivity contribution >= 4 is 21.7 Å². The van der Waals surface area contributed by atoms with Gasteiger partial charge in [-0.3, -0.25) is 4.72 Å². The third kappa shape index (κ3) is 2.50. The zero-order chi connectivity index (χ0) is 12.3. The Morgan fingerprint density at radius 2 is 1.94 bits per heavy atom. The van der Waals surface area contributed by atoms with Gasteiger partial charge in [0.15, 0.2) is 0 Å². The van der Waals surface area contributed by atoms with E-state index in [1.807, 2.05) is 0 Å². The molecule has 0 radical (unpaired) electrons. The van der Waals surface area contributed by atoms with Gasteiger partial charge in [-0.15, -0.1) is 0 Å². The number of aromatic nitrogens is 3. The van der Waals surface area contributed by atoms with Crippen LogP contribution >= 0.6 is 0 Å². The molecule has 0 aliphatic rings. The lowest BCUT2D eigenvalue weighted by atomic mass is 10.6. The van der Waals surface area contributed by atoms with Crippen molar-refractivity contribution in [1.29, 1.82) is 0 Å². The zero-order valence-corrected chi connectivity index (χ0v) is 9.60. The highest BCUT2D eigenvalue weighted by Gasteiger charge is 2.16. The van der Waals surface area contributed by atoms with Crippen LogP contribution < -0.4 is 10.0 Å². The molecule has 0 amide bonds. The average molecular weight is 255 g/mol. The Morgan fingerprint density at radius 3 is 2.47 bits per heavy atom. The van der Waals surface area contributed by atoms with E-state index in [0.717, 1.165) is 0 Å². The Hall–Kier alpha value is -2.16. The van der Waals surface area contributed by atoms with Crippen LogP contribution in [0.4, 0.5) is 11.6 Å². The summed E-state index contributed by atoms with van der Waals surface area (Å²) in [4.78, 5) is 7.58. The molecule has 0 bridgehead atoms. The molecule has 2 N–H and O–H groups in total. The van der Waals surface area contributed by atoms with E-state index in [-0.39, 0.29) is 10.6 Å². The SMILES string of the molecule is CNc1ncc(S(=O)(=O)Nc2cnoc2)cn1. The first-order valence-electron chi connectivity index (χ1n) is 4.54. The third-order valence-electron chi connectivity index (χ3n) is 1.85. The lowest BCUT2D eigenvalue weighted by Gasteiger charge is -2.04. The molecule has 17 heavy (non-hydrogen) atoms. The molecule has 0 fully saturated rings. The Kier molecular flexibility index (Phi) is 2.91. The highest BCUT2D eigenvalue weighted by Crippen LogP contribution is 2.13. The van der Waals surface area contributed by atoms with Crippen LogP contribution in [0.2, 0.25) is 0 Å². The molecule has 2 aromatic heterocycles. The zero-order valence-electron chi connectivity index (χ0n) is 8.78. The van der Waals surface area contributed by atoms with Crippen LogP contribution in [0.1, 0.15) is 0 Å². The molecular formula is C8H9N5O3S. The summed E-state index contributed by atoms with van der Waals surface area (Å²) < 4.78 is 30.4. The number of nitrogens with one attached hydrogen (secondary N) is 2. The summed E-state index contributed by atoms with van der Waals surface area (Å²) in [6, 6.07) is 0. The van der Waals surface area contributed by atoms with Gasteiger partial charge in [-0.25, -0.2) is 18.4 Å². The fourth-order valence-electron chi connectivity index (χ4n) is 1.05. The molecular weight excluding hydrogens is 246 g/mol. The first-order valence-corrected chi connectivity index (χ1v) is 6.02. The molecule has 0 aliphatic carbocycles. The lowest BCUT2D eigenvalue weighted by molar-refractivity contribution is 0.420. The Balaban J connectivity index is 2.25. The summed E-state index contributed by atoms with van der Waals surface area (Å²) in [7, 11) is -2.07. The van der Waals surface area contributed by atoms with E-state index >= 15 is 0 Å². The van der Waals surface area contributed by atoms with Crippen molar-refractivity contribution in [1.82, 2.24) is 15.1 Å². The second kappa shape index (κ2) is 4.37. The maximum atomic E-state index is 11.8. The van der Waals surface area contributed by atoms with E-state index in [9.17, 15) is 8.42 Å². The minimum atomic E-state index is -3.71. The van der Waals surface area contributed by atoms with Crippen LogP contribution in [-0.4, -0.2) is 30.6 Å². The van der Waals surface area contributed by atoms with E-state index in [1.54, 1.807) is 7.05 Å². The highest BCUT2D eigenvalue weighted by molar-refractivity contribution is 7.92. The van der Waals surface area contributed by atoms with Gasteiger partial charge in [-0.1, -0.05) is 5.16 Å². The van der Waals surface area contributed by atoms with Crippen molar-refractivity contribution in [3.8, 4) is 0 Å². The average Bonchev–Trinajstić information content (AvgIpc) is 2.81. The van der Waals surface area contributed by atoms with E-state index < -0.39 is 10.0 Å². The van der Waals surface area contributed by atoms with Crippen LogP contribution in [0.25, 0.3) is 0 Å². The highest BCUT2D eigenvalue weighted by atomic mass is 32.2. The molecule has 9 heteroatoms.